The molecule has 20 heavy (non-hydrogen) atoms. The largest absolute Gasteiger partial charge is 0.323 e. The highest BCUT2D eigenvalue weighted by molar-refractivity contribution is 9.40. The van der Waals surface area contributed by atoms with Crippen LogP contribution in [-0.2, 0) is 4.79 Å². The summed E-state index contributed by atoms with van der Waals surface area (Å²) in [6, 6.07) is 3.42. The average molecular weight is 473 g/mol. The standard InChI is InChI=1S/C12H7Br3F2N2O/c1-5-2-9(19-11(20)12(13,14)15)7-3-6(16)4-8(17)10(7)18-5/h2-4H,1H3,(H,18,19,20). The minimum Gasteiger partial charge on any atom is -0.323 e. The van der Waals surface area contributed by atoms with Crippen molar-refractivity contribution in [3.8, 4) is 0 Å². The molecule has 1 N–H and O–H groups in total. The monoisotopic (exact) mass is 470 g/mol. The van der Waals surface area contributed by atoms with E-state index in [1.54, 1.807) is 6.92 Å². The zero-order valence-electron chi connectivity index (χ0n) is 9.98. The molecule has 0 aliphatic carbocycles. The summed E-state index contributed by atoms with van der Waals surface area (Å²) < 4.78 is 25.9. The summed E-state index contributed by atoms with van der Waals surface area (Å²) >= 11 is 9.21. The summed E-state index contributed by atoms with van der Waals surface area (Å²) in [6.45, 7) is 1.65. The van der Waals surface area contributed by atoms with Crippen LogP contribution in [0.1, 0.15) is 5.69 Å². The lowest BCUT2D eigenvalue weighted by Gasteiger charge is -2.15. The zero-order valence-corrected chi connectivity index (χ0v) is 14.7. The van der Waals surface area contributed by atoms with E-state index in [-0.39, 0.29) is 16.6 Å². The van der Waals surface area contributed by atoms with Crippen LogP contribution in [0.3, 0.4) is 0 Å². The first-order valence-corrected chi connectivity index (χ1v) is 7.71. The number of halogens is 5. The minimum absolute atomic E-state index is 0.00557. The van der Waals surface area contributed by atoms with Gasteiger partial charge in [-0.05, 0) is 66.8 Å². The number of fused-ring (bicyclic) bond motifs is 1. The van der Waals surface area contributed by atoms with Gasteiger partial charge in [0.15, 0.2) is 5.82 Å². The van der Waals surface area contributed by atoms with Crippen molar-refractivity contribution >= 4 is 70.3 Å². The maximum absolute atomic E-state index is 13.7. The summed E-state index contributed by atoms with van der Waals surface area (Å²) in [5, 5.41) is 2.76. The van der Waals surface area contributed by atoms with E-state index >= 15 is 0 Å². The number of aryl methyl sites for hydroxylation is 1. The quantitative estimate of drug-likeness (QED) is 0.616. The molecule has 2 aromatic rings. The molecule has 0 saturated heterocycles. The first-order chi connectivity index (χ1) is 9.18. The van der Waals surface area contributed by atoms with Crippen LogP contribution in [0.5, 0.6) is 0 Å². The lowest BCUT2D eigenvalue weighted by atomic mass is 10.1. The van der Waals surface area contributed by atoms with Crippen molar-refractivity contribution in [1.29, 1.82) is 0 Å². The third-order valence-electron chi connectivity index (χ3n) is 2.47. The van der Waals surface area contributed by atoms with Gasteiger partial charge in [0.25, 0.3) is 5.91 Å². The number of pyridine rings is 1. The number of alkyl halides is 3. The molecule has 0 aliphatic rings. The predicted octanol–water partition coefficient (Wildman–Crippen LogP) is 4.60. The highest BCUT2D eigenvalue weighted by atomic mass is 80.0. The molecule has 8 heteroatoms. The Kier molecular flexibility index (Phi) is 4.46. The van der Waals surface area contributed by atoms with Crippen LogP contribution in [0, 0.1) is 18.6 Å². The Morgan fingerprint density at radius 2 is 1.90 bits per heavy atom. The Bertz CT molecular complexity index is 701. The molecule has 1 heterocycles. The van der Waals surface area contributed by atoms with Crippen LogP contribution >= 0.6 is 47.8 Å². The van der Waals surface area contributed by atoms with Crippen molar-refractivity contribution in [3.05, 3.63) is 35.5 Å². The molecule has 1 aromatic carbocycles. The third kappa shape index (κ3) is 3.35. The number of benzene rings is 1. The van der Waals surface area contributed by atoms with E-state index in [1.807, 2.05) is 0 Å². The molecule has 0 radical (unpaired) electrons. The SMILES string of the molecule is Cc1cc(NC(=O)C(Br)(Br)Br)c2cc(F)cc(F)c2n1. The first kappa shape index (κ1) is 15.8. The Morgan fingerprint density at radius 1 is 1.25 bits per heavy atom. The number of hydrogen-bond acceptors (Lipinski definition) is 2. The zero-order chi connectivity index (χ0) is 15.1. The second-order valence-electron chi connectivity index (χ2n) is 4.05. The topological polar surface area (TPSA) is 42.0 Å². The van der Waals surface area contributed by atoms with Crippen LogP contribution in [0.2, 0.25) is 0 Å². The number of carbonyl (C=O) groups is 1. The Balaban J connectivity index is 2.61. The van der Waals surface area contributed by atoms with Gasteiger partial charge in [-0.2, -0.15) is 0 Å². The van der Waals surface area contributed by atoms with Gasteiger partial charge in [0.2, 0.25) is 2.14 Å². The minimum atomic E-state index is -1.16. The fraction of sp³-hybridized carbons (Fsp3) is 0.167. The maximum atomic E-state index is 13.7. The van der Waals surface area contributed by atoms with Crippen molar-refractivity contribution in [2.24, 2.45) is 0 Å². The van der Waals surface area contributed by atoms with Gasteiger partial charge in [0.05, 0.1) is 5.69 Å². The van der Waals surface area contributed by atoms with Crippen molar-refractivity contribution in [2.45, 2.75) is 9.07 Å². The lowest BCUT2D eigenvalue weighted by molar-refractivity contribution is -0.114. The molecule has 3 nitrogen and oxygen atoms in total. The van der Waals surface area contributed by atoms with E-state index in [2.05, 4.69) is 58.1 Å². The summed E-state index contributed by atoms with van der Waals surface area (Å²) in [7, 11) is 0. The molecule has 106 valence electrons. The molecule has 1 amide bonds. The highest BCUT2D eigenvalue weighted by Crippen LogP contribution is 2.35. The second-order valence-corrected chi connectivity index (χ2v) is 10.8. The van der Waals surface area contributed by atoms with Gasteiger partial charge in [-0.15, -0.1) is 0 Å². The highest BCUT2D eigenvalue weighted by Gasteiger charge is 2.29. The first-order valence-electron chi connectivity index (χ1n) is 5.33. The molecule has 0 atom stereocenters. The number of nitrogens with zero attached hydrogens (tertiary/aromatic N) is 1. The molecule has 1 aromatic heterocycles. The van der Waals surface area contributed by atoms with Gasteiger partial charge < -0.3 is 5.32 Å². The van der Waals surface area contributed by atoms with E-state index in [0.717, 1.165) is 12.1 Å². The van der Waals surface area contributed by atoms with E-state index in [0.29, 0.717) is 5.69 Å². The van der Waals surface area contributed by atoms with E-state index in [9.17, 15) is 13.6 Å². The van der Waals surface area contributed by atoms with Gasteiger partial charge in [-0.25, -0.2) is 13.8 Å². The lowest BCUT2D eigenvalue weighted by Crippen LogP contribution is -2.25. The second kappa shape index (κ2) is 5.65. The molecular formula is C12H7Br3F2N2O. The smallest absolute Gasteiger partial charge is 0.263 e. The number of anilines is 1. The fourth-order valence-electron chi connectivity index (χ4n) is 1.68. The number of amides is 1. The molecule has 0 saturated carbocycles. The van der Waals surface area contributed by atoms with Gasteiger partial charge in [0.1, 0.15) is 11.3 Å². The van der Waals surface area contributed by atoms with Gasteiger partial charge in [-0.1, -0.05) is 0 Å². The van der Waals surface area contributed by atoms with Crippen molar-refractivity contribution in [3.63, 3.8) is 0 Å². The van der Waals surface area contributed by atoms with Gasteiger partial charge in [0, 0.05) is 17.1 Å². The number of rotatable bonds is 1. The summed E-state index contributed by atoms with van der Waals surface area (Å²) in [5.41, 5.74) is 0.785. The van der Waals surface area contributed by atoms with E-state index in [1.165, 1.54) is 6.07 Å². The summed E-state index contributed by atoms with van der Waals surface area (Å²) in [4.78, 5) is 15.9. The van der Waals surface area contributed by atoms with Crippen LogP contribution < -0.4 is 5.32 Å². The van der Waals surface area contributed by atoms with Gasteiger partial charge in [-0.3, -0.25) is 4.79 Å². The van der Waals surface area contributed by atoms with Crippen molar-refractivity contribution in [2.75, 3.05) is 5.32 Å². The number of carbonyl (C=O) groups excluding carboxylic acids is 1. The van der Waals surface area contributed by atoms with Crippen molar-refractivity contribution < 1.29 is 13.6 Å². The third-order valence-corrected chi connectivity index (χ3v) is 3.55. The number of hydrogen-bond donors (Lipinski definition) is 1. The van der Waals surface area contributed by atoms with Crippen LogP contribution in [0.25, 0.3) is 10.9 Å². The molecule has 2 rings (SSSR count). The fourth-order valence-corrected chi connectivity index (χ4v) is 1.97. The molecule has 0 bridgehead atoms. The molecular weight excluding hydrogens is 466 g/mol. The number of aromatic nitrogens is 1. The Labute approximate surface area is 138 Å². The van der Waals surface area contributed by atoms with E-state index < -0.39 is 19.7 Å². The van der Waals surface area contributed by atoms with Crippen LogP contribution in [-0.4, -0.2) is 13.0 Å². The Hall–Kier alpha value is -0.600. The van der Waals surface area contributed by atoms with Crippen LogP contribution in [0.15, 0.2) is 18.2 Å². The Morgan fingerprint density at radius 3 is 2.50 bits per heavy atom. The summed E-state index contributed by atoms with van der Waals surface area (Å²) in [6.07, 6.45) is 0. The molecule has 0 spiro atoms. The molecule has 0 unspecified atom stereocenters. The molecule has 0 aliphatic heterocycles. The maximum Gasteiger partial charge on any atom is 0.263 e. The summed E-state index contributed by atoms with van der Waals surface area (Å²) in [5.74, 6) is -1.99. The van der Waals surface area contributed by atoms with Crippen molar-refractivity contribution in [1.82, 2.24) is 4.98 Å². The molecule has 0 fully saturated rings. The van der Waals surface area contributed by atoms with Gasteiger partial charge >= 0.3 is 0 Å². The van der Waals surface area contributed by atoms with Crippen LogP contribution in [0.4, 0.5) is 14.5 Å². The predicted molar refractivity (Wildman–Crippen MR) is 84.5 cm³/mol. The average Bonchev–Trinajstić information content (AvgIpc) is 2.29. The van der Waals surface area contributed by atoms with E-state index in [4.69, 9.17) is 0 Å². The normalized spacial score (nSPS) is 11.7. The number of nitrogens with one attached hydrogen (secondary N) is 1.